The van der Waals surface area contributed by atoms with Crippen molar-refractivity contribution in [3.8, 4) is 0 Å². The Morgan fingerprint density at radius 2 is 1.44 bits per heavy atom. The number of aliphatic hydroxyl groups is 4. The Hall–Kier alpha value is 2.11. The first-order valence-electron chi connectivity index (χ1n) is 3.64. The monoisotopic (exact) mass is 274 g/mol. The first-order chi connectivity index (χ1) is 6.25. The summed E-state index contributed by atoms with van der Waals surface area (Å²) in [7, 11) is -5.35. The van der Waals surface area contributed by atoms with Crippen LogP contribution in [0.5, 0.6) is 0 Å². The van der Waals surface area contributed by atoms with Crippen LogP contribution in [0.3, 0.4) is 0 Å². The minimum absolute atomic E-state index is 0. The first kappa shape index (κ1) is 20.4. The average Bonchev–Trinajstić information content (AvgIpc) is 2.30. The Kier molecular flexibility index (Phi) is 9.75. The summed E-state index contributed by atoms with van der Waals surface area (Å²) in [6, 6.07) is 0. The zero-order valence-corrected chi connectivity index (χ0v) is 13.7. The van der Waals surface area contributed by atoms with Gasteiger partial charge in [0.05, 0.1) is 0 Å². The van der Waals surface area contributed by atoms with Crippen LogP contribution >= 0.6 is 7.94 Å². The summed E-state index contributed by atoms with van der Waals surface area (Å²) in [4.78, 5) is 31.0. The van der Waals surface area contributed by atoms with E-state index in [0.717, 1.165) is 0 Å². The zero-order valence-electron chi connectivity index (χ0n) is 8.76. The second-order valence-electron chi connectivity index (χ2n) is 2.93. The van der Waals surface area contributed by atoms with E-state index in [0.29, 0.717) is 0 Å². The zero-order chi connectivity index (χ0) is 11.1. The van der Waals surface area contributed by atoms with Gasteiger partial charge in [-0.3, -0.25) is 0 Å². The van der Waals surface area contributed by atoms with E-state index in [2.05, 4.69) is 4.74 Å². The van der Waals surface area contributed by atoms with Crippen LogP contribution < -0.4 is 73.8 Å². The largest absolute Gasteiger partial charge is 1.00 e. The van der Waals surface area contributed by atoms with E-state index in [1.807, 2.05) is 0 Å². The van der Waals surface area contributed by atoms with Crippen molar-refractivity contribution in [3.05, 3.63) is 0 Å². The van der Waals surface area contributed by atoms with Crippen LogP contribution in [-0.4, -0.2) is 50.9 Å². The number of ether oxygens (including phenoxy) is 1. The molecule has 1 aliphatic heterocycles. The minimum Gasteiger partial charge on any atom is -0.686 e. The molecular weight excluding hydrogens is 265 g/mol. The number of aliphatic hydroxyl groups excluding tert-OH is 4. The molecule has 84 valence electrons. The van der Waals surface area contributed by atoms with Crippen LogP contribution in [0.4, 0.5) is 0 Å². The van der Waals surface area contributed by atoms with Crippen molar-refractivity contribution in [2.24, 2.45) is 0 Å². The summed E-state index contributed by atoms with van der Waals surface area (Å²) < 4.78 is 4.31. The van der Waals surface area contributed by atoms with Crippen LogP contribution in [0.25, 0.3) is 0 Å². The molecule has 0 bridgehead atoms. The Balaban J connectivity index is 0. The molecule has 1 fully saturated rings. The molecule has 1 saturated heterocycles. The van der Waals surface area contributed by atoms with Gasteiger partial charge in [-0.2, -0.15) is 0 Å². The summed E-state index contributed by atoms with van der Waals surface area (Å²) >= 11 is 0. The van der Waals surface area contributed by atoms with E-state index < -0.39 is 38.4 Å². The normalized spacial score (nSPS) is 36.2. The molecule has 0 aromatic rings. The maximum absolute atomic E-state index is 10.3. The van der Waals surface area contributed by atoms with E-state index in [1.165, 1.54) is 0 Å². The Bertz CT molecular complexity index is 213. The van der Waals surface area contributed by atoms with Crippen molar-refractivity contribution in [1.29, 1.82) is 0 Å². The first-order valence-corrected chi connectivity index (χ1v) is 5.26. The molecule has 11 heteroatoms. The van der Waals surface area contributed by atoms with Gasteiger partial charge in [0, 0.05) is 0 Å². The Labute approximate surface area is 136 Å². The predicted molar refractivity (Wildman–Crippen MR) is 35.8 cm³/mol. The summed E-state index contributed by atoms with van der Waals surface area (Å²) in [6.07, 6.45) is -7.23. The molecule has 4 N–H and O–H groups in total. The summed E-state index contributed by atoms with van der Waals surface area (Å²) in [5.41, 5.74) is 0. The van der Waals surface area contributed by atoms with Gasteiger partial charge in [0.1, 0.15) is 18.3 Å². The fraction of sp³-hybridized carbons (Fsp3) is 1.00. The molecule has 0 spiro atoms. The molecular formula is C5H9Na2O8P. The molecule has 16 heavy (non-hydrogen) atoms. The SMILES string of the molecule is [Na+].[Na+].[O-][P+]([O-])([O-])C(O)[C@H]1OC(O)[C@@H](O)[C@@H]1O. The van der Waals surface area contributed by atoms with Crippen LogP contribution in [0, 0.1) is 0 Å². The molecule has 0 saturated carbocycles. The molecule has 0 amide bonds. The smallest absolute Gasteiger partial charge is 0.686 e. The van der Waals surface area contributed by atoms with E-state index in [-0.39, 0.29) is 59.1 Å². The molecule has 0 aliphatic carbocycles. The van der Waals surface area contributed by atoms with Crippen molar-refractivity contribution in [1.82, 2.24) is 0 Å². The van der Waals surface area contributed by atoms with Crippen molar-refractivity contribution >= 4 is 7.94 Å². The number of rotatable bonds is 2. The third-order valence-electron chi connectivity index (χ3n) is 1.89. The summed E-state index contributed by atoms with van der Waals surface area (Å²) in [5.74, 6) is -2.50. The van der Waals surface area contributed by atoms with Crippen molar-refractivity contribution in [2.45, 2.75) is 30.4 Å². The van der Waals surface area contributed by atoms with Gasteiger partial charge in [-0.15, -0.1) is 7.94 Å². The fourth-order valence-electron chi connectivity index (χ4n) is 1.11. The molecule has 2 unspecified atom stereocenters. The third-order valence-corrected chi connectivity index (χ3v) is 2.83. The van der Waals surface area contributed by atoms with E-state index in [9.17, 15) is 14.7 Å². The predicted octanol–water partition coefficient (Wildman–Crippen LogP) is -11.4. The van der Waals surface area contributed by atoms with Crippen LogP contribution in [0.15, 0.2) is 0 Å². The third kappa shape index (κ3) is 4.65. The van der Waals surface area contributed by atoms with Crippen LogP contribution in [0.1, 0.15) is 0 Å². The molecule has 1 heterocycles. The summed E-state index contributed by atoms with van der Waals surface area (Å²) in [5, 5.41) is 35.7. The Morgan fingerprint density at radius 1 is 1.00 bits per heavy atom. The second-order valence-corrected chi connectivity index (χ2v) is 4.53. The Morgan fingerprint density at radius 3 is 1.69 bits per heavy atom. The van der Waals surface area contributed by atoms with Gasteiger partial charge in [-0.25, -0.2) is 0 Å². The summed E-state index contributed by atoms with van der Waals surface area (Å²) in [6.45, 7) is 0. The van der Waals surface area contributed by atoms with Crippen molar-refractivity contribution in [2.75, 3.05) is 0 Å². The molecule has 0 radical (unpaired) electrons. The topological polar surface area (TPSA) is 159 Å². The number of hydrogen-bond donors (Lipinski definition) is 4. The maximum Gasteiger partial charge on any atom is 1.00 e. The molecule has 0 aromatic heterocycles. The molecule has 1 aliphatic rings. The van der Waals surface area contributed by atoms with Gasteiger partial charge in [-0.05, 0) is 0 Å². The van der Waals surface area contributed by atoms with E-state index in [4.69, 9.17) is 20.4 Å². The molecule has 1 rings (SSSR count). The van der Waals surface area contributed by atoms with Gasteiger partial charge >= 0.3 is 59.1 Å². The van der Waals surface area contributed by atoms with Crippen molar-refractivity contribution < 1.29 is 99.0 Å². The van der Waals surface area contributed by atoms with Crippen LogP contribution in [-0.2, 0) is 4.74 Å². The molecule has 5 atom stereocenters. The van der Waals surface area contributed by atoms with Gasteiger partial charge in [-0.1, -0.05) is 0 Å². The van der Waals surface area contributed by atoms with E-state index in [1.54, 1.807) is 0 Å². The molecule has 8 nitrogen and oxygen atoms in total. The van der Waals surface area contributed by atoms with Gasteiger partial charge in [0.15, 0.2) is 12.1 Å². The quantitative estimate of drug-likeness (QED) is 0.285. The van der Waals surface area contributed by atoms with Crippen LogP contribution in [0.2, 0.25) is 0 Å². The molecule has 0 aromatic carbocycles. The van der Waals surface area contributed by atoms with Crippen molar-refractivity contribution in [3.63, 3.8) is 0 Å². The van der Waals surface area contributed by atoms with Gasteiger partial charge in [0.2, 0.25) is 0 Å². The standard InChI is InChI=1S/C5H11O8P.2Na/c6-1-2(7)4(8)13-3(1)5(9)14(10,11)12;;/h1-9H,(H2,10,11,12);;/q;2*+1/p-2/t1-,2-,3-,4?,5?;;/m0../s1. The maximum atomic E-state index is 10.3. The fourth-order valence-corrected chi connectivity index (χ4v) is 1.72. The average molecular weight is 274 g/mol. The van der Waals surface area contributed by atoms with E-state index >= 15 is 0 Å². The van der Waals surface area contributed by atoms with Gasteiger partial charge in [0.25, 0.3) is 0 Å². The number of hydrogen-bond acceptors (Lipinski definition) is 8. The second kappa shape index (κ2) is 7.64. The van der Waals surface area contributed by atoms with Gasteiger partial charge < -0.3 is 39.8 Å². The minimum atomic E-state index is -5.35.